The molecule has 0 aromatic heterocycles. The maximum Gasteiger partial charge on any atom is 0.313 e. The molecule has 0 bridgehead atoms. The summed E-state index contributed by atoms with van der Waals surface area (Å²) in [5.74, 6) is -0.897. The molecule has 0 saturated carbocycles. The van der Waals surface area contributed by atoms with Crippen LogP contribution >= 0.6 is 0 Å². The second kappa shape index (κ2) is 5.12. The first-order valence-corrected chi connectivity index (χ1v) is 5.48. The van der Waals surface area contributed by atoms with Crippen LogP contribution in [0.2, 0.25) is 0 Å². The number of carboxylic acid groups (broad SMARTS) is 1. The molecule has 16 heavy (non-hydrogen) atoms. The highest BCUT2D eigenvalue weighted by Crippen LogP contribution is 2.28. The number of aliphatic hydroxyl groups excluding tert-OH is 1. The van der Waals surface area contributed by atoms with Crippen molar-refractivity contribution in [2.75, 3.05) is 6.61 Å². The lowest BCUT2D eigenvalue weighted by Gasteiger charge is -2.24. The Morgan fingerprint density at radius 1 is 1.31 bits per heavy atom. The van der Waals surface area contributed by atoms with Crippen LogP contribution in [-0.4, -0.2) is 22.8 Å². The fraction of sp³-hybridized carbons (Fsp3) is 0.462. The molecule has 0 radical (unpaired) electrons. The highest BCUT2D eigenvalue weighted by Gasteiger charge is 2.34. The fourth-order valence-electron chi connectivity index (χ4n) is 1.71. The zero-order valence-corrected chi connectivity index (χ0v) is 9.73. The Morgan fingerprint density at radius 2 is 1.88 bits per heavy atom. The quantitative estimate of drug-likeness (QED) is 0.800. The molecule has 0 fully saturated rings. The van der Waals surface area contributed by atoms with E-state index in [1.807, 2.05) is 24.3 Å². The largest absolute Gasteiger partial charge is 0.481 e. The number of carboxylic acids is 1. The first-order valence-electron chi connectivity index (χ1n) is 5.48. The Hall–Kier alpha value is -1.35. The molecule has 0 saturated heterocycles. The molecule has 88 valence electrons. The molecule has 3 heteroatoms. The van der Waals surface area contributed by atoms with E-state index in [9.17, 15) is 9.90 Å². The molecule has 3 nitrogen and oxygen atoms in total. The molecule has 0 aliphatic heterocycles. The zero-order valence-electron chi connectivity index (χ0n) is 9.73. The van der Waals surface area contributed by atoms with Crippen LogP contribution in [0.5, 0.6) is 0 Å². The number of rotatable bonds is 5. The summed E-state index contributed by atoms with van der Waals surface area (Å²) >= 11 is 0. The molecule has 0 aliphatic carbocycles. The van der Waals surface area contributed by atoms with Gasteiger partial charge in [0.25, 0.3) is 0 Å². The van der Waals surface area contributed by atoms with Crippen molar-refractivity contribution >= 4 is 5.97 Å². The monoisotopic (exact) mass is 222 g/mol. The van der Waals surface area contributed by atoms with Crippen molar-refractivity contribution in [1.82, 2.24) is 0 Å². The fourth-order valence-corrected chi connectivity index (χ4v) is 1.71. The molecular formula is C13H18O3. The van der Waals surface area contributed by atoms with E-state index in [1.54, 1.807) is 6.92 Å². The van der Waals surface area contributed by atoms with E-state index < -0.39 is 11.4 Å². The molecule has 1 rings (SSSR count). The zero-order chi connectivity index (χ0) is 12.2. The van der Waals surface area contributed by atoms with Crippen molar-refractivity contribution in [2.45, 2.75) is 32.1 Å². The van der Waals surface area contributed by atoms with Gasteiger partial charge in [-0.1, -0.05) is 31.2 Å². The second-order valence-electron chi connectivity index (χ2n) is 4.16. The minimum Gasteiger partial charge on any atom is -0.481 e. The van der Waals surface area contributed by atoms with E-state index >= 15 is 0 Å². The van der Waals surface area contributed by atoms with Crippen LogP contribution in [-0.2, 0) is 16.6 Å². The summed E-state index contributed by atoms with van der Waals surface area (Å²) in [6.45, 7) is 3.57. The molecule has 0 heterocycles. The minimum atomic E-state index is -0.999. The Kier molecular flexibility index (Phi) is 4.07. The van der Waals surface area contributed by atoms with Gasteiger partial charge in [-0.2, -0.15) is 0 Å². The number of hydrogen-bond acceptors (Lipinski definition) is 2. The van der Waals surface area contributed by atoms with Crippen LogP contribution in [0.15, 0.2) is 24.3 Å². The number of aliphatic carboxylic acids is 1. The lowest BCUT2D eigenvalue weighted by atomic mass is 9.79. The van der Waals surface area contributed by atoms with Gasteiger partial charge in [-0.05, 0) is 30.9 Å². The minimum absolute atomic E-state index is 0.127. The summed E-state index contributed by atoms with van der Waals surface area (Å²) in [5, 5.41) is 18.2. The van der Waals surface area contributed by atoms with Gasteiger partial charge in [0.1, 0.15) is 0 Å². The van der Waals surface area contributed by atoms with Gasteiger partial charge >= 0.3 is 5.97 Å². The Bertz CT molecular complexity index is 356. The molecule has 1 aromatic carbocycles. The van der Waals surface area contributed by atoms with Crippen molar-refractivity contribution < 1.29 is 15.0 Å². The maximum atomic E-state index is 11.3. The van der Waals surface area contributed by atoms with Crippen LogP contribution in [0, 0.1) is 0 Å². The van der Waals surface area contributed by atoms with Crippen LogP contribution in [0.3, 0.4) is 0 Å². The molecular weight excluding hydrogens is 204 g/mol. The van der Waals surface area contributed by atoms with Crippen molar-refractivity contribution in [3.63, 3.8) is 0 Å². The van der Waals surface area contributed by atoms with E-state index in [0.29, 0.717) is 0 Å². The van der Waals surface area contributed by atoms with Crippen LogP contribution in [0.4, 0.5) is 0 Å². The molecule has 1 atom stereocenters. The molecule has 2 N–H and O–H groups in total. The van der Waals surface area contributed by atoms with Crippen molar-refractivity contribution in [3.05, 3.63) is 35.4 Å². The lowest BCUT2D eigenvalue weighted by molar-refractivity contribution is -0.143. The average Bonchev–Trinajstić information content (AvgIpc) is 2.29. The summed E-state index contributed by atoms with van der Waals surface area (Å²) in [6, 6.07) is 7.55. The number of hydrogen-bond donors (Lipinski definition) is 2. The number of aryl methyl sites for hydroxylation is 1. The summed E-state index contributed by atoms with van der Waals surface area (Å²) < 4.78 is 0. The average molecular weight is 222 g/mol. The van der Waals surface area contributed by atoms with Crippen LogP contribution in [0.25, 0.3) is 0 Å². The van der Waals surface area contributed by atoms with Gasteiger partial charge in [-0.3, -0.25) is 4.79 Å². The van der Waals surface area contributed by atoms with Crippen LogP contribution in [0.1, 0.15) is 31.4 Å². The van der Waals surface area contributed by atoms with E-state index in [4.69, 9.17) is 5.11 Å². The molecule has 0 spiro atoms. The number of carbonyl (C=O) groups is 1. The Morgan fingerprint density at radius 3 is 2.25 bits per heavy atom. The van der Waals surface area contributed by atoms with Gasteiger partial charge in [0.15, 0.2) is 0 Å². The molecule has 1 aromatic rings. The number of benzene rings is 1. The van der Waals surface area contributed by atoms with Gasteiger partial charge in [-0.25, -0.2) is 0 Å². The summed E-state index contributed by atoms with van der Waals surface area (Å²) in [7, 11) is 0. The second-order valence-corrected chi connectivity index (χ2v) is 4.16. The number of aliphatic hydroxyl groups is 1. The topological polar surface area (TPSA) is 57.5 Å². The predicted molar refractivity (Wildman–Crippen MR) is 62.5 cm³/mol. The third kappa shape index (κ3) is 2.42. The van der Waals surface area contributed by atoms with Crippen LogP contribution < -0.4 is 0 Å². The third-order valence-electron chi connectivity index (χ3n) is 3.08. The van der Waals surface area contributed by atoms with E-state index in [2.05, 4.69) is 6.92 Å². The Labute approximate surface area is 95.7 Å². The highest BCUT2D eigenvalue weighted by molar-refractivity contribution is 5.80. The summed E-state index contributed by atoms with van der Waals surface area (Å²) in [5.41, 5.74) is 0.924. The van der Waals surface area contributed by atoms with Crippen molar-refractivity contribution in [1.29, 1.82) is 0 Å². The maximum absolute atomic E-state index is 11.3. The first-order chi connectivity index (χ1) is 7.54. The molecule has 0 aliphatic rings. The van der Waals surface area contributed by atoms with E-state index in [1.165, 1.54) is 5.56 Å². The smallest absolute Gasteiger partial charge is 0.313 e. The highest BCUT2D eigenvalue weighted by atomic mass is 16.4. The SMILES string of the molecule is CCc1ccc(C(C)(CCO)C(=O)O)cc1. The summed E-state index contributed by atoms with van der Waals surface area (Å²) in [4.78, 5) is 11.3. The van der Waals surface area contributed by atoms with Gasteiger partial charge in [0.05, 0.1) is 5.41 Å². The third-order valence-corrected chi connectivity index (χ3v) is 3.08. The van der Waals surface area contributed by atoms with Gasteiger partial charge in [-0.15, -0.1) is 0 Å². The van der Waals surface area contributed by atoms with E-state index in [-0.39, 0.29) is 13.0 Å². The normalized spacial score (nSPS) is 14.4. The predicted octanol–water partition coefficient (Wildman–Crippen LogP) is 1.97. The Balaban J connectivity index is 3.06. The van der Waals surface area contributed by atoms with Crippen molar-refractivity contribution in [3.8, 4) is 0 Å². The van der Waals surface area contributed by atoms with Gasteiger partial charge in [0, 0.05) is 6.61 Å². The lowest BCUT2D eigenvalue weighted by Crippen LogP contribution is -2.33. The van der Waals surface area contributed by atoms with Crippen molar-refractivity contribution in [2.24, 2.45) is 0 Å². The van der Waals surface area contributed by atoms with E-state index in [0.717, 1.165) is 12.0 Å². The van der Waals surface area contributed by atoms with Gasteiger partial charge < -0.3 is 10.2 Å². The van der Waals surface area contributed by atoms with Gasteiger partial charge in [0.2, 0.25) is 0 Å². The molecule has 0 amide bonds. The molecule has 1 unspecified atom stereocenters. The summed E-state index contributed by atoms with van der Waals surface area (Å²) in [6.07, 6.45) is 1.16. The first kappa shape index (κ1) is 12.7. The standard InChI is InChI=1S/C13H18O3/c1-3-10-4-6-11(7-5-10)13(2,8-9-14)12(15)16/h4-7,14H,3,8-9H2,1-2H3,(H,15,16).